The van der Waals surface area contributed by atoms with Crippen molar-refractivity contribution in [2.24, 2.45) is 5.73 Å². The van der Waals surface area contributed by atoms with Gasteiger partial charge in [-0.15, -0.1) is 0 Å². The standard InChI is InChI=1S/C16H21F2N3/c1-4-14-16(10(3)19)15(5-2)21(20-14)9-11-6-7-12(17)8-13(11)18/h6-8,10H,4-5,9,19H2,1-3H3. The summed E-state index contributed by atoms with van der Waals surface area (Å²) < 4.78 is 28.6. The first-order valence-electron chi connectivity index (χ1n) is 7.25. The molecule has 2 rings (SSSR count). The average Bonchev–Trinajstić information content (AvgIpc) is 2.79. The second kappa shape index (κ2) is 6.35. The molecule has 1 aromatic carbocycles. The van der Waals surface area contributed by atoms with Crippen LogP contribution in [0.25, 0.3) is 0 Å². The Morgan fingerprint density at radius 3 is 2.48 bits per heavy atom. The fourth-order valence-electron chi connectivity index (χ4n) is 2.67. The molecule has 5 heteroatoms. The van der Waals surface area contributed by atoms with Crippen molar-refractivity contribution < 1.29 is 8.78 Å². The molecule has 1 aromatic heterocycles. The third kappa shape index (κ3) is 3.13. The molecule has 0 fully saturated rings. The maximum absolute atomic E-state index is 13.8. The number of hydrogen-bond donors (Lipinski definition) is 1. The Labute approximate surface area is 123 Å². The molecule has 1 atom stereocenters. The van der Waals surface area contributed by atoms with Crippen molar-refractivity contribution in [3.05, 3.63) is 52.3 Å². The normalized spacial score (nSPS) is 12.7. The van der Waals surface area contributed by atoms with Crippen LogP contribution in [0.2, 0.25) is 0 Å². The van der Waals surface area contributed by atoms with E-state index in [4.69, 9.17) is 5.73 Å². The monoisotopic (exact) mass is 293 g/mol. The van der Waals surface area contributed by atoms with Gasteiger partial charge < -0.3 is 5.73 Å². The summed E-state index contributed by atoms with van der Waals surface area (Å²) >= 11 is 0. The number of halogens is 2. The maximum atomic E-state index is 13.8. The second-order valence-corrected chi connectivity index (χ2v) is 5.20. The molecule has 2 N–H and O–H groups in total. The molecular weight excluding hydrogens is 272 g/mol. The lowest BCUT2D eigenvalue weighted by Crippen LogP contribution is -2.11. The third-order valence-corrected chi connectivity index (χ3v) is 3.64. The Balaban J connectivity index is 2.44. The van der Waals surface area contributed by atoms with Gasteiger partial charge in [0.1, 0.15) is 11.6 Å². The Hall–Kier alpha value is -1.75. The van der Waals surface area contributed by atoms with E-state index in [-0.39, 0.29) is 12.6 Å². The minimum atomic E-state index is -0.571. The summed E-state index contributed by atoms with van der Waals surface area (Å²) in [5.74, 6) is -1.12. The molecule has 0 aliphatic carbocycles. The molecule has 114 valence electrons. The van der Waals surface area contributed by atoms with Crippen LogP contribution in [0.1, 0.15) is 49.3 Å². The van der Waals surface area contributed by atoms with Crippen molar-refractivity contribution in [2.75, 3.05) is 0 Å². The topological polar surface area (TPSA) is 43.8 Å². The largest absolute Gasteiger partial charge is 0.324 e. The van der Waals surface area contributed by atoms with E-state index >= 15 is 0 Å². The average molecular weight is 293 g/mol. The summed E-state index contributed by atoms with van der Waals surface area (Å²) in [7, 11) is 0. The SMILES string of the molecule is CCc1nn(Cc2ccc(F)cc2F)c(CC)c1C(C)N. The van der Waals surface area contributed by atoms with Crippen LogP contribution in [0.3, 0.4) is 0 Å². The predicted molar refractivity (Wildman–Crippen MR) is 79.0 cm³/mol. The van der Waals surface area contributed by atoms with Crippen LogP contribution in [-0.2, 0) is 19.4 Å². The van der Waals surface area contributed by atoms with Crippen molar-refractivity contribution in [2.45, 2.75) is 46.2 Å². The highest BCUT2D eigenvalue weighted by Gasteiger charge is 2.19. The summed E-state index contributed by atoms with van der Waals surface area (Å²) in [6.45, 7) is 6.27. The van der Waals surface area contributed by atoms with E-state index in [9.17, 15) is 8.78 Å². The smallest absolute Gasteiger partial charge is 0.131 e. The van der Waals surface area contributed by atoms with Gasteiger partial charge in [0.05, 0.1) is 12.2 Å². The van der Waals surface area contributed by atoms with Gasteiger partial charge in [-0.25, -0.2) is 8.78 Å². The van der Waals surface area contributed by atoms with E-state index < -0.39 is 11.6 Å². The summed E-state index contributed by atoms with van der Waals surface area (Å²) in [4.78, 5) is 0. The molecule has 0 saturated carbocycles. The first-order valence-corrected chi connectivity index (χ1v) is 7.25. The molecule has 0 spiro atoms. The Bertz CT molecular complexity index is 633. The first kappa shape index (κ1) is 15.6. The number of rotatable bonds is 5. The molecule has 2 aromatic rings. The van der Waals surface area contributed by atoms with Gasteiger partial charge in [-0.3, -0.25) is 4.68 Å². The molecule has 21 heavy (non-hydrogen) atoms. The predicted octanol–water partition coefficient (Wildman–Crippen LogP) is 3.35. The Morgan fingerprint density at radius 2 is 1.95 bits per heavy atom. The van der Waals surface area contributed by atoms with Gasteiger partial charge in [0.15, 0.2) is 0 Å². The molecule has 0 radical (unpaired) electrons. The number of nitrogens with two attached hydrogens (primary N) is 1. The quantitative estimate of drug-likeness (QED) is 0.918. The van der Waals surface area contributed by atoms with E-state index in [0.29, 0.717) is 5.56 Å². The van der Waals surface area contributed by atoms with Crippen LogP contribution in [0, 0.1) is 11.6 Å². The zero-order chi connectivity index (χ0) is 15.6. The second-order valence-electron chi connectivity index (χ2n) is 5.20. The van der Waals surface area contributed by atoms with Crippen LogP contribution in [-0.4, -0.2) is 9.78 Å². The van der Waals surface area contributed by atoms with Crippen molar-refractivity contribution in [1.82, 2.24) is 9.78 Å². The molecule has 0 bridgehead atoms. The van der Waals surface area contributed by atoms with Crippen LogP contribution >= 0.6 is 0 Å². The molecular formula is C16H21F2N3. The number of nitrogens with zero attached hydrogens (tertiary/aromatic N) is 2. The first-order chi connectivity index (χ1) is 9.97. The van der Waals surface area contributed by atoms with E-state index in [1.54, 1.807) is 4.68 Å². The molecule has 0 saturated heterocycles. The van der Waals surface area contributed by atoms with Crippen molar-refractivity contribution in [1.29, 1.82) is 0 Å². The minimum absolute atomic E-state index is 0.110. The van der Waals surface area contributed by atoms with Crippen LogP contribution in [0.5, 0.6) is 0 Å². The highest BCUT2D eigenvalue weighted by molar-refractivity contribution is 5.31. The van der Waals surface area contributed by atoms with Crippen LogP contribution in [0.15, 0.2) is 18.2 Å². The molecule has 3 nitrogen and oxygen atoms in total. The zero-order valence-electron chi connectivity index (χ0n) is 12.7. The van der Waals surface area contributed by atoms with Crippen LogP contribution in [0.4, 0.5) is 8.78 Å². The highest BCUT2D eigenvalue weighted by atomic mass is 19.1. The van der Waals surface area contributed by atoms with Gasteiger partial charge in [-0.05, 0) is 25.8 Å². The summed E-state index contributed by atoms with van der Waals surface area (Å²) in [5.41, 5.74) is 9.48. The number of aryl methyl sites for hydroxylation is 1. The van der Waals surface area contributed by atoms with Gasteiger partial charge in [-0.1, -0.05) is 19.9 Å². The van der Waals surface area contributed by atoms with Crippen molar-refractivity contribution >= 4 is 0 Å². The van der Waals surface area contributed by atoms with Crippen LogP contribution < -0.4 is 5.73 Å². The fourth-order valence-corrected chi connectivity index (χ4v) is 2.67. The molecule has 0 aliphatic rings. The Kier molecular flexibility index (Phi) is 4.73. The van der Waals surface area contributed by atoms with E-state index in [1.807, 2.05) is 20.8 Å². The molecule has 1 heterocycles. The lowest BCUT2D eigenvalue weighted by atomic mass is 10.0. The number of hydrogen-bond acceptors (Lipinski definition) is 2. The van der Waals surface area contributed by atoms with E-state index in [0.717, 1.165) is 35.9 Å². The maximum Gasteiger partial charge on any atom is 0.131 e. The summed E-state index contributed by atoms with van der Waals surface area (Å²) in [6, 6.07) is 3.52. The Morgan fingerprint density at radius 1 is 1.24 bits per heavy atom. The molecule has 0 amide bonds. The van der Waals surface area contributed by atoms with Gasteiger partial charge in [0, 0.05) is 28.9 Å². The lowest BCUT2D eigenvalue weighted by molar-refractivity contribution is 0.552. The van der Waals surface area contributed by atoms with Crippen molar-refractivity contribution in [3.8, 4) is 0 Å². The minimum Gasteiger partial charge on any atom is -0.324 e. The molecule has 0 aliphatic heterocycles. The number of benzene rings is 1. The van der Waals surface area contributed by atoms with E-state index in [1.165, 1.54) is 12.1 Å². The van der Waals surface area contributed by atoms with Gasteiger partial charge >= 0.3 is 0 Å². The third-order valence-electron chi connectivity index (χ3n) is 3.64. The van der Waals surface area contributed by atoms with Crippen molar-refractivity contribution in [3.63, 3.8) is 0 Å². The zero-order valence-corrected chi connectivity index (χ0v) is 12.7. The summed E-state index contributed by atoms with van der Waals surface area (Å²) in [5, 5.41) is 4.56. The van der Waals surface area contributed by atoms with Gasteiger partial charge in [-0.2, -0.15) is 5.10 Å². The molecule has 1 unspecified atom stereocenters. The van der Waals surface area contributed by atoms with E-state index in [2.05, 4.69) is 5.10 Å². The lowest BCUT2D eigenvalue weighted by Gasteiger charge is -2.11. The van der Waals surface area contributed by atoms with Gasteiger partial charge in [0.25, 0.3) is 0 Å². The van der Waals surface area contributed by atoms with Gasteiger partial charge in [0.2, 0.25) is 0 Å². The summed E-state index contributed by atoms with van der Waals surface area (Å²) in [6.07, 6.45) is 1.55. The highest BCUT2D eigenvalue weighted by Crippen LogP contribution is 2.23. The fraction of sp³-hybridized carbons (Fsp3) is 0.438. The number of aromatic nitrogens is 2.